The van der Waals surface area contributed by atoms with Gasteiger partial charge in [0.2, 0.25) is 0 Å². The van der Waals surface area contributed by atoms with E-state index in [1.165, 1.54) is 11.5 Å². The quantitative estimate of drug-likeness (QED) is 0.611. The molecule has 0 saturated carbocycles. The van der Waals surface area contributed by atoms with Gasteiger partial charge in [-0.2, -0.15) is 9.36 Å². The monoisotopic (exact) mass is 395 g/mol. The summed E-state index contributed by atoms with van der Waals surface area (Å²) in [7, 11) is 0. The standard InChI is InChI=1S/C22H25N3O2S/c1-14(2)16(4)23-21(26)18-11-10-15(3)19(13-18)27-22-24-20(25-28-22)12-17-8-6-5-7-9-17/h5-11,13-14,16H,12H2,1-4H3,(H,23,26)/t16-/m1/s1. The Morgan fingerprint density at radius 1 is 1.14 bits per heavy atom. The number of hydrogen-bond acceptors (Lipinski definition) is 5. The van der Waals surface area contributed by atoms with Crippen LogP contribution in [0, 0.1) is 12.8 Å². The summed E-state index contributed by atoms with van der Waals surface area (Å²) in [6.07, 6.45) is 0.662. The summed E-state index contributed by atoms with van der Waals surface area (Å²) in [4.78, 5) is 17.0. The molecule has 1 N–H and O–H groups in total. The van der Waals surface area contributed by atoms with Crippen molar-refractivity contribution in [3.05, 3.63) is 71.0 Å². The van der Waals surface area contributed by atoms with Gasteiger partial charge < -0.3 is 10.1 Å². The molecule has 1 aromatic heterocycles. The van der Waals surface area contributed by atoms with E-state index in [0.717, 1.165) is 17.0 Å². The van der Waals surface area contributed by atoms with Gasteiger partial charge in [0.15, 0.2) is 5.82 Å². The highest BCUT2D eigenvalue weighted by atomic mass is 32.1. The zero-order valence-electron chi connectivity index (χ0n) is 16.6. The first-order valence-electron chi connectivity index (χ1n) is 9.38. The molecule has 0 aliphatic heterocycles. The maximum absolute atomic E-state index is 12.5. The van der Waals surface area contributed by atoms with Crippen LogP contribution in [-0.2, 0) is 6.42 Å². The maximum atomic E-state index is 12.5. The first-order chi connectivity index (χ1) is 13.4. The van der Waals surface area contributed by atoms with Crippen molar-refractivity contribution < 1.29 is 9.53 Å². The third kappa shape index (κ3) is 5.16. The summed E-state index contributed by atoms with van der Waals surface area (Å²) in [5.74, 6) is 1.61. The Bertz CT molecular complexity index is 938. The summed E-state index contributed by atoms with van der Waals surface area (Å²) in [6, 6.07) is 15.6. The molecular formula is C22H25N3O2S. The molecular weight excluding hydrogens is 370 g/mol. The zero-order valence-corrected chi connectivity index (χ0v) is 17.4. The van der Waals surface area contributed by atoms with Gasteiger partial charge in [-0.15, -0.1) is 0 Å². The number of aryl methyl sites for hydroxylation is 1. The molecule has 0 unspecified atom stereocenters. The number of benzene rings is 2. The predicted octanol–water partition coefficient (Wildman–Crippen LogP) is 5.00. The highest BCUT2D eigenvalue weighted by molar-refractivity contribution is 7.07. The smallest absolute Gasteiger partial charge is 0.298 e. The molecule has 0 bridgehead atoms. The highest BCUT2D eigenvalue weighted by Gasteiger charge is 2.15. The second-order valence-corrected chi connectivity index (χ2v) is 7.94. The van der Waals surface area contributed by atoms with Crippen molar-refractivity contribution in [2.45, 2.75) is 40.2 Å². The minimum atomic E-state index is -0.104. The third-order valence-electron chi connectivity index (χ3n) is 4.66. The largest absolute Gasteiger partial charge is 0.430 e. The van der Waals surface area contributed by atoms with Crippen molar-refractivity contribution in [2.75, 3.05) is 0 Å². The number of nitrogens with zero attached hydrogens (tertiary/aromatic N) is 2. The van der Waals surface area contributed by atoms with E-state index in [4.69, 9.17) is 4.74 Å². The van der Waals surface area contributed by atoms with Crippen molar-refractivity contribution in [3.8, 4) is 10.9 Å². The van der Waals surface area contributed by atoms with Crippen LogP contribution < -0.4 is 10.1 Å². The number of amides is 1. The first-order valence-corrected chi connectivity index (χ1v) is 10.2. The molecule has 0 spiro atoms. The summed E-state index contributed by atoms with van der Waals surface area (Å²) in [5.41, 5.74) is 2.66. The summed E-state index contributed by atoms with van der Waals surface area (Å²) < 4.78 is 10.3. The Balaban J connectivity index is 1.71. The average molecular weight is 396 g/mol. The summed E-state index contributed by atoms with van der Waals surface area (Å²) in [6.45, 7) is 8.11. The lowest BCUT2D eigenvalue weighted by molar-refractivity contribution is 0.0930. The average Bonchev–Trinajstić information content (AvgIpc) is 3.11. The molecule has 5 nitrogen and oxygen atoms in total. The van der Waals surface area contributed by atoms with Crippen molar-refractivity contribution in [1.82, 2.24) is 14.7 Å². The van der Waals surface area contributed by atoms with E-state index < -0.39 is 0 Å². The van der Waals surface area contributed by atoms with Crippen LogP contribution in [0.2, 0.25) is 0 Å². The number of ether oxygens (including phenoxy) is 1. The number of aromatic nitrogens is 2. The fraction of sp³-hybridized carbons (Fsp3) is 0.318. The number of carbonyl (C=O) groups excluding carboxylic acids is 1. The maximum Gasteiger partial charge on any atom is 0.298 e. The Kier molecular flexibility index (Phi) is 6.41. The van der Waals surface area contributed by atoms with Gasteiger partial charge in [-0.05, 0) is 43.0 Å². The van der Waals surface area contributed by atoms with E-state index in [-0.39, 0.29) is 11.9 Å². The van der Waals surface area contributed by atoms with Gasteiger partial charge in [0, 0.05) is 29.6 Å². The summed E-state index contributed by atoms with van der Waals surface area (Å²) in [5, 5.41) is 3.49. The SMILES string of the molecule is Cc1ccc(C(=O)N[C@H](C)C(C)C)cc1Oc1nc(Cc2ccccc2)ns1. The Hall–Kier alpha value is -2.73. The molecule has 28 heavy (non-hydrogen) atoms. The summed E-state index contributed by atoms with van der Waals surface area (Å²) >= 11 is 1.22. The highest BCUT2D eigenvalue weighted by Crippen LogP contribution is 2.28. The molecule has 0 fully saturated rings. The van der Waals surface area contributed by atoms with Crippen molar-refractivity contribution in [2.24, 2.45) is 5.92 Å². The van der Waals surface area contributed by atoms with Gasteiger partial charge in [-0.25, -0.2) is 0 Å². The van der Waals surface area contributed by atoms with Crippen molar-refractivity contribution >= 4 is 17.4 Å². The van der Waals surface area contributed by atoms with Crippen LogP contribution in [0.1, 0.15) is 48.1 Å². The van der Waals surface area contributed by atoms with Crippen LogP contribution in [0.3, 0.4) is 0 Å². The topological polar surface area (TPSA) is 64.1 Å². The molecule has 3 rings (SSSR count). The Morgan fingerprint density at radius 2 is 1.89 bits per heavy atom. The zero-order chi connectivity index (χ0) is 20.1. The van der Waals surface area contributed by atoms with Crippen LogP contribution in [0.15, 0.2) is 48.5 Å². The minimum Gasteiger partial charge on any atom is -0.430 e. The van der Waals surface area contributed by atoms with Crippen LogP contribution in [-0.4, -0.2) is 21.3 Å². The van der Waals surface area contributed by atoms with Crippen molar-refractivity contribution in [3.63, 3.8) is 0 Å². The Morgan fingerprint density at radius 3 is 2.61 bits per heavy atom. The van der Waals surface area contributed by atoms with Gasteiger partial charge in [0.1, 0.15) is 5.75 Å². The van der Waals surface area contributed by atoms with Crippen LogP contribution in [0.4, 0.5) is 0 Å². The number of rotatable bonds is 7. The van der Waals surface area contributed by atoms with Crippen LogP contribution in [0.25, 0.3) is 0 Å². The fourth-order valence-corrected chi connectivity index (χ4v) is 3.09. The van der Waals surface area contributed by atoms with Gasteiger partial charge in [0.05, 0.1) is 0 Å². The first kappa shape index (κ1) is 20.0. The molecule has 0 aliphatic rings. The molecule has 6 heteroatoms. The van der Waals surface area contributed by atoms with Crippen LogP contribution in [0.5, 0.6) is 10.9 Å². The molecule has 0 radical (unpaired) electrons. The fourth-order valence-electron chi connectivity index (χ4n) is 2.53. The number of nitrogens with one attached hydrogen (secondary N) is 1. The van der Waals surface area contributed by atoms with Gasteiger partial charge in [-0.3, -0.25) is 4.79 Å². The van der Waals surface area contributed by atoms with Gasteiger partial charge in [0.25, 0.3) is 11.1 Å². The molecule has 3 aromatic rings. The second kappa shape index (κ2) is 8.97. The molecule has 1 heterocycles. The molecule has 0 aliphatic carbocycles. The second-order valence-electron chi connectivity index (χ2n) is 7.23. The van der Waals surface area contributed by atoms with Gasteiger partial charge >= 0.3 is 0 Å². The van der Waals surface area contributed by atoms with Crippen molar-refractivity contribution in [1.29, 1.82) is 0 Å². The molecule has 1 amide bonds. The van der Waals surface area contributed by atoms with E-state index in [1.54, 1.807) is 6.07 Å². The number of carbonyl (C=O) groups is 1. The normalized spacial score (nSPS) is 12.0. The third-order valence-corrected chi connectivity index (χ3v) is 5.29. The lowest BCUT2D eigenvalue weighted by atomic mass is 10.1. The predicted molar refractivity (Wildman–Crippen MR) is 112 cm³/mol. The van der Waals surface area contributed by atoms with E-state index in [2.05, 4.69) is 28.5 Å². The van der Waals surface area contributed by atoms with E-state index in [0.29, 0.717) is 28.8 Å². The molecule has 0 saturated heterocycles. The molecule has 2 aromatic carbocycles. The van der Waals surface area contributed by atoms with Crippen LogP contribution >= 0.6 is 11.5 Å². The van der Waals surface area contributed by atoms with E-state index >= 15 is 0 Å². The minimum absolute atomic E-state index is 0.0990. The van der Waals surface area contributed by atoms with Gasteiger partial charge in [-0.1, -0.05) is 50.2 Å². The lowest BCUT2D eigenvalue weighted by Gasteiger charge is -2.17. The lowest BCUT2D eigenvalue weighted by Crippen LogP contribution is -2.36. The number of hydrogen-bond donors (Lipinski definition) is 1. The Labute approximate surface area is 170 Å². The van der Waals surface area contributed by atoms with E-state index in [9.17, 15) is 4.79 Å². The molecule has 146 valence electrons. The van der Waals surface area contributed by atoms with E-state index in [1.807, 2.05) is 56.3 Å². The molecule has 1 atom stereocenters.